The van der Waals surface area contributed by atoms with E-state index >= 15 is 0 Å². The van der Waals surface area contributed by atoms with E-state index in [0.717, 1.165) is 0 Å². The fraction of sp³-hybridized carbons (Fsp3) is 0.818. The summed E-state index contributed by atoms with van der Waals surface area (Å²) >= 11 is 0. The molecule has 6 heteroatoms. The molecule has 0 aromatic carbocycles. The van der Waals surface area contributed by atoms with Gasteiger partial charge in [0, 0.05) is 19.0 Å². The summed E-state index contributed by atoms with van der Waals surface area (Å²) in [7, 11) is 0. The van der Waals surface area contributed by atoms with Gasteiger partial charge in [0.05, 0.1) is 0 Å². The number of nitrogens with zero attached hydrogens (tertiary/aromatic N) is 1. The van der Waals surface area contributed by atoms with Crippen molar-refractivity contribution in [2.75, 3.05) is 13.1 Å². The highest BCUT2D eigenvalue weighted by atomic mass is 16.6. The molecular formula is C11H20N2O4. The minimum Gasteiger partial charge on any atom is -0.480 e. The van der Waals surface area contributed by atoms with Crippen molar-refractivity contribution in [1.82, 2.24) is 4.90 Å². The Morgan fingerprint density at radius 3 is 2.53 bits per heavy atom. The van der Waals surface area contributed by atoms with Gasteiger partial charge in [0.2, 0.25) is 0 Å². The van der Waals surface area contributed by atoms with Crippen LogP contribution in [0.1, 0.15) is 27.2 Å². The number of nitrogens with two attached hydrogens (primary N) is 1. The maximum Gasteiger partial charge on any atom is 0.410 e. The number of carboxylic acids is 1. The Hall–Kier alpha value is -1.30. The van der Waals surface area contributed by atoms with Gasteiger partial charge in [0.15, 0.2) is 0 Å². The molecule has 0 spiro atoms. The molecule has 1 rings (SSSR count). The number of likely N-dealkylation sites (tertiary alicyclic amines) is 1. The van der Waals surface area contributed by atoms with Crippen LogP contribution in [0.4, 0.5) is 4.79 Å². The number of amides is 1. The summed E-state index contributed by atoms with van der Waals surface area (Å²) in [4.78, 5) is 24.0. The van der Waals surface area contributed by atoms with E-state index in [1.165, 1.54) is 4.90 Å². The van der Waals surface area contributed by atoms with E-state index in [1.807, 2.05) is 0 Å². The van der Waals surface area contributed by atoms with Crippen molar-refractivity contribution >= 4 is 12.1 Å². The predicted molar refractivity (Wildman–Crippen MR) is 61.5 cm³/mol. The maximum atomic E-state index is 11.7. The van der Waals surface area contributed by atoms with Gasteiger partial charge in [-0.2, -0.15) is 0 Å². The molecule has 2 atom stereocenters. The standard InChI is InChI=1S/C11H20N2O4/c1-11(2,3)17-10(16)13-5-4-7(6-13)8(12)9(14)15/h7-8H,4-6,12H2,1-3H3,(H,14,15)/t7-,8+/m1/s1. The third-order valence-corrected chi connectivity index (χ3v) is 2.67. The lowest BCUT2D eigenvalue weighted by Crippen LogP contribution is -2.41. The van der Waals surface area contributed by atoms with Gasteiger partial charge in [0.25, 0.3) is 0 Å². The zero-order chi connectivity index (χ0) is 13.2. The molecule has 0 aliphatic carbocycles. The van der Waals surface area contributed by atoms with Crippen molar-refractivity contribution in [2.45, 2.75) is 38.8 Å². The highest BCUT2D eigenvalue weighted by Gasteiger charge is 2.35. The third kappa shape index (κ3) is 3.89. The van der Waals surface area contributed by atoms with Gasteiger partial charge in [-0.05, 0) is 27.2 Å². The molecule has 17 heavy (non-hydrogen) atoms. The smallest absolute Gasteiger partial charge is 0.410 e. The second kappa shape index (κ2) is 4.91. The number of carbonyl (C=O) groups is 2. The molecule has 0 unspecified atom stereocenters. The van der Waals surface area contributed by atoms with Gasteiger partial charge in [-0.3, -0.25) is 4.79 Å². The van der Waals surface area contributed by atoms with Crippen molar-refractivity contribution < 1.29 is 19.4 Å². The maximum absolute atomic E-state index is 11.7. The molecular weight excluding hydrogens is 224 g/mol. The second-order valence-corrected chi connectivity index (χ2v) is 5.34. The molecule has 1 aliphatic rings. The lowest BCUT2D eigenvalue weighted by molar-refractivity contribution is -0.139. The van der Waals surface area contributed by atoms with Crippen LogP contribution >= 0.6 is 0 Å². The molecule has 1 amide bonds. The minimum absolute atomic E-state index is 0.194. The molecule has 1 fully saturated rings. The van der Waals surface area contributed by atoms with E-state index in [4.69, 9.17) is 15.6 Å². The number of carboxylic acid groups (broad SMARTS) is 1. The van der Waals surface area contributed by atoms with Crippen LogP contribution in [0.3, 0.4) is 0 Å². The van der Waals surface area contributed by atoms with Gasteiger partial charge in [0.1, 0.15) is 11.6 Å². The SMILES string of the molecule is CC(C)(C)OC(=O)N1CC[C@@H]([C@H](N)C(=O)O)C1. The summed E-state index contributed by atoms with van der Waals surface area (Å²) in [6.07, 6.45) is 0.199. The van der Waals surface area contributed by atoms with Crippen LogP contribution in [0, 0.1) is 5.92 Å². The van der Waals surface area contributed by atoms with Gasteiger partial charge in [-0.1, -0.05) is 0 Å². The average molecular weight is 244 g/mol. The Kier molecular flexibility index (Phi) is 3.98. The summed E-state index contributed by atoms with van der Waals surface area (Å²) in [5, 5.41) is 8.79. The van der Waals surface area contributed by atoms with Crippen molar-refractivity contribution in [2.24, 2.45) is 11.7 Å². The molecule has 98 valence electrons. The fourth-order valence-electron chi connectivity index (χ4n) is 1.77. The average Bonchev–Trinajstić information content (AvgIpc) is 2.62. The minimum atomic E-state index is -1.03. The molecule has 3 N–H and O–H groups in total. The summed E-state index contributed by atoms with van der Waals surface area (Å²) in [5.41, 5.74) is 5.00. The molecule has 1 aliphatic heterocycles. The normalized spacial score (nSPS) is 22.4. The first-order valence-electron chi connectivity index (χ1n) is 5.67. The van der Waals surface area contributed by atoms with Gasteiger partial charge < -0.3 is 20.5 Å². The van der Waals surface area contributed by atoms with E-state index in [-0.39, 0.29) is 5.92 Å². The first-order valence-corrected chi connectivity index (χ1v) is 5.67. The largest absolute Gasteiger partial charge is 0.480 e. The van der Waals surface area contributed by atoms with E-state index in [9.17, 15) is 9.59 Å². The zero-order valence-corrected chi connectivity index (χ0v) is 10.5. The predicted octanol–water partition coefficient (Wildman–Crippen LogP) is 0.655. The monoisotopic (exact) mass is 244 g/mol. The second-order valence-electron chi connectivity index (χ2n) is 5.34. The lowest BCUT2D eigenvalue weighted by atomic mass is 10.0. The first kappa shape index (κ1) is 13.8. The third-order valence-electron chi connectivity index (χ3n) is 2.67. The molecule has 6 nitrogen and oxygen atoms in total. The number of hydrogen-bond acceptors (Lipinski definition) is 4. The van der Waals surface area contributed by atoms with E-state index in [2.05, 4.69) is 0 Å². The van der Waals surface area contributed by atoms with Crippen LogP contribution in [-0.2, 0) is 9.53 Å². The number of carbonyl (C=O) groups excluding carboxylic acids is 1. The van der Waals surface area contributed by atoms with Crippen LogP contribution in [0.25, 0.3) is 0 Å². The highest BCUT2D eigenvalue weighted by Crippen LogP contribution is 2.21. The Balaban J connectivity index is 2.50. The quantitative estimate of drug-likeness (QED) is 0.744. The lowest BCUT2D eigenvalue weighted by Gasteiger charge is -2.24. The topological polar surface area (TPSA) is 92.9 Å². The van der Waals surface area contributed by atoms with E-state index < -0.39 is 23.7 Å². The zero-order valence-electron chi connectivity index (χ0n) is 10.5. The van der Waals surface area contributed by atoms with Gasteiger partial charge >= 0.3 is 12.1 Å². The number of rotatable bonds is 2. The summed E-state index contributed by atoms with van der Waals surface area (Å²) < 4.78 is 5.21. The van der Waals surface area contributed by atoms with Gasteiger partial charge in [-0.15, -0.1) is 0 Å². The van der Waals surface area contributed by atoms with Crippen LogP contribution in [-0.4, -0.2) is 46.8 Å². The van der Waals surface area contributed by atoms with Crippen molar-refractivity contribution in [1.29, 1.82) is 0 Å². The van der Waals surface area contributed by atoms with Crippen LogP contribution in [0.2, 0.25) is 0 Å². The van der Waals surface area contributed by atoms with Crippen LogP contribution in [0.5, 0.6) is 0 Å². The molecule has 0 saturated carbocycles. The Labute approximate surface area is 101 Å². The molecule has 0 aromatic heterocycles. The van der Waals surface area contributed by atoms with Crippen LogP contribution < -0.4 is 5.73 Å². The van der Waals surface area contributed by atoms with Gasteiger partial charge in [-0.25, -0.2) is 4.79 Å². The van der Waals surface area contributed by atoms with E-state index in [0.29, 0.717) is 19.5 Å². The number of ether oxygens (including phenoxy) is 1. The molecule has 0 radical (unpaired) electrons. The van der Waals surface area contributed by atoms with Crippen LogP contribution in [0.15, 0.2) is 0 Å². The molecule has 0 bridgehead atoms. The Morgan fingerprint density at radius 2 is 2.06 bits per heavy atom. The molecule has 0 aromatic rings. The molecule has 1 saturated heterocycles. The Morgan fingerprint density at radius 1 is 1.47 bits per heavy atom. The molecule has 1 heterocycles. The van der Waals surface area contributed by atoms with Crippen molar-refractivity contribution in [3.8, 4) is 0 Å². The van der Waals surface area contributed by atoms with E-state index in [1.54, 1.807) is 20.8 Å². The number of aliphatic carboxylic acids is 1. The highest BCUT2D eigenvalue weighted by molar-refractivity contribution is 5.74. The first-order chi connectivity index (χ1) is 7.70. The number of hydrogen-bond donors (Lipinski definition) is 2. The summed E-state index contributed by atoms with van der Waals surface area (Å²) in [6, 6.07) is -0.914. The van der Waals surface area contributed by atoms with Crippen molar-refractivity contribution in [3.63, 3.8) is 0 Å². The Bertz CT molecular complexity index is 311. The van der Waals surface area contributed by atoms with Crippen molar-refractivity contribution in [3.05, 3.63) is 0 Å². The summed E-state index contributed by atoms with van der Waals surface area (Å²) in [6.45, 7) is 6.23. The summed E-state index contributed by atoms with van der Waals surface area (Å²) in [5.74, 6) is -1.22. The fourth-order valence-corrected chi connectivity index (χ4v) is 1.77.